The van der Waals surface area contributed by atoms with Crippen molar-refractivity contribution in [3.05, 3.63) is 29.3 Å². The normalized spacial score (nSPS) is 14.6. The van der Waals surface area contributed by atoms with Crippen molar-refractivity contribution in [1.29, 1.82) is 0 Å². The molecule has 1 unspecified atom stereocenters. The summed E-state index contributed by atoms with van der Waals surface area (Å²) in [5, 5.41) is 12.3. The molecule has 3 nitrogen and oxygen atoms in total. The molecule has 0 amide bonds. The molecule has 1 rings (SSSR count). The lowest BCUT2D eigenvalue weighted by Gasteiger charge is -2.19. The first-order chi connectivity index (χ1) is 7.58. The lowest BCUT2D eigenvalue weighted by Crippen LogP contribution is -2.31. The topological polar surface area (TPSA) is 41.5 Å². The van der Waals surface area contributed by atoms with Gasteiger partial charge in [-0.3, -0.25) is 0 Å². The minimum Gasteiger partial charge on any atom is -0.496 e. The second kappa shape index (κ2) is 5.87. The molecular formula is C13H21NO2. The van der Waals surface area contributed by atoms with Gasteiger partial charge in [0, 0.05) is 12.1 Å². The number of ether oxygens (including phenoxy) is 1. The maximum absolute atomic E-state index is 8.98. The van der Waals surface area contributed by atoms with Crippen molar-refractivity contribution in [2.45, 2.75) is 32.9 Å². The molecule has 16 heavy (non-hydrogen) atoms. The van der Waals surface area contributed by atoms with Crippen LogP contribution in [0.3, 0.4) is 0 Å². The second-order valence-corrected chi connectivity index (χ2v) is 4.20. The first-order valence-electron chi connectivity index (χ1n) is 5.60. The van der Waals surface area contributed by atoms with E-state index >= 15 is 0 Å². The average molecular weight is 223 g/mol. The molecule has 90 valence electrons. The second-order valence-electron chi connectivity index (χ2n) is 4.20. The molecule has 0 saturated carbocycles. The Morgan fingerprint density at radius 2 is 2.06 bits per heavy atom. The smallest absolute Gasteiger partial charge is 0.121 e. The maximum atomic E-state index is 8.98. The number of rotatable bonds is 5. The van der Waals surface area contributed by atoms with Crippen LogP contribution >= 0.6 is 0 Å². The Bertz CT molecular complexity index is 339. The van der Waals surface area contributed by atoms with Crippen molar-refractivity contribution in [2.24, 2.45) is 0 Å². The maximum Gasteiger partial charge on any atom is 0.121 e. The predicted molar refractivity (Wildman–Crippen MR) is 65.8 cm³/mol. The summed E-state index contributed by atoms with van der Waals surface area (Å²) in [5.74, 6) is 0.908. The summed E-state index contributed by atoms with van der Waals surface area (Å²) < 4.78 is 5.22. The number of benzene rings is 1. The molecule has 0 radical (unpaired) electrons. The fourth-order valence-corrected chi connectivity index (χ4v) is 1.75. The molecule has 0 fully saturated rings. The zero-order valence-corrected chi connectivity index (χ0v) is 10.4. The van der Waals surface area contributed by atoms with E-state index in [1.165, 1.54) is 5.56 Å². The lowest BCUT2D eigenvalue weighted by molar-refractivity contribution is 0.243. The van der Waals surface area contributed by atoms with E-state index in [4.69, 9.17) is 9.84 Å². The van der Waals surface area contributed by atoms with E-state index in [1.54, 1.807) is 7.11 Å². The van der Waals surface area contributed by atoms with Gasteiger partial charge >= 0.3 is 0 Å². The van der Waals surface area contributed by atoms with Crippen molar-refractivity contribution in [3.63, 3.8) is 0 Å². The molecule has 0 saturated heterocycles. The van der Waals surface area contributed by atoms with Gasteiger partial charge in [-0.15, -0.1) is 0 Å². The van der Waals surface area contributed by atoms with Gasteiger partial charge in [0.05, 0.1) is 13.7 Å². The quantitative estimate of drug-likeness (QED) is 0.802. The van der Waals surface area contributed by atoms with Gasteiger partial charge in [0.2, 0.25) is 0 Å². The summed E-state index contributed by atoms with van der Waals surface area (Å²) in [5.41, 5.74) is 2.34. The highest BCUT2D eigenvalue weighted by Gasteiger charge is 2.09. The monoisotopic (exact) mass is 223 g/mol. The number of methoxy groups -OCH3 is 1. The molecule has 0 spiro atoms. The van der Waals surface area contributed by atoms with E-state index in [9.17, 15) is 0 Å². The molecule has 0 bridgehead atoms. The molecule has 0 aliphatic rings. The molecule has 2 atom stereocenters. The van der Waals surface area contributed by atoms with Crippen LogP contribution in [0.5, 0.6) is 5.75 Å². The summed E-state index contributed by atoms with van der Waals surface area (Å²) in [6, 6.07) is 6.48. The number of hydrogen-bond acceptors (Lipinski definition) is 3. The molecule has 0 heterocycles. The van der Waals surface area contributed by atoms with Crippen LogP contribution in [-0.2, 0) is 0 Å². The van der Waals surface area contributed by atoms with Gasteiger partial charge in [-0.05, 0) is 38.0 Å². The number of hydrogen-bond donors (Lipinski definition) is 2. The third kappa shape index (κ3) is 3.22. The van der Waals surface area contributed by atoms with Crippen LogP contribution in [0.4, 0.5) is 0 Å². The zero-order valence-electron chi connectivity index (χ0n) is 10.4. The molecule has 1 aromatic carbocycles. The fraction of sp³-hybridized carbons (Fsp3) is 0.538. The Morgan fingerprint density at radius 3 is 2.56 bits per heavy atom. The SMILES string of the molecule is COc1ccc(C(C)N[C@@H](C)CO)cc1C. The van der Waals surface area contributed by atoms with E-state index in [-0.39, 0.29) is 18.7 Å². The van der Waals surface area contributed by atoms with Crippen LogP contribution in [0.15, 0.2) is 18.2 Å². The van der Waals surface area contributed by atoms with Crippen LogP contribution in [0.25, 0.3) is 0 Å². The molecular weight excluding hydrogens is 202 g/mol. The van der Waals surface area contributed by atoms with E-state index in [1.807, 2.05) is 26.0 Å². The van der Waals surface area contributed by atoms with E-state index in [2.05, 4.69) is 18.3 Å². The fourth-order valence-electron chi connectivity index (χ4n) is 1.75. The largest absolute Gasteiger partial charge is 0.496 e. The van der Waals surface area contributed by atoms with E-state index < -0.39 is 0 Å². The lowest BCUT2D eigenvalue weighted by atomic mass is 10.0. The van der Waals surface area contributed by atoms with Gasteiger partial charge in [0.25, 0.3) is 0 Å². The van der Waals surface area contributed by atoms with Gasteiger partial charge in [-0.25, -0.2) is 0 Å². The number of aliphatic hydroxyl groups excluding tert-OH is 1. The molecule has 2 N–H and O–H groups in total. The van der Waals surface area contributed by atoms with Gasteiger partial charge in [-0.1, -0.05) is 12.1 Å². The Morgan fingerprint density at radius 1 is 1.38 bits per heavy atom. The molecule has 3 heteroatoms. The molecule has 0 aromatic heterocycles. The summed E-state index contributed by atoms with van der Waals surface area (Å²) in [6.45, 7) is 6.24. The van der Waals surface area contributed by atoms with E-state index in [0.29, 0.717) is 0 Å². The van der Waals surface area contributed by atoms with Crippen LogP contribution in [-0.4, -0.2) is 24.9 Å². The first-order valence-corrected chi connectivity index (χ1v) is 5.60. The van der Waals surface area contributed by atoms with Gasteiger partial charge < -0.3 is 15.2 Å². The van der Waals surface area contributed by atoms with Crippen LogP contribution < -0.4 is 10.1 Å². The predicted octanol–water partition coefficient (Wildman–Crippen LogP) is 2.04. The molecule has 0 aliphatic heterocycles. The van der Waals surface area contributed by atoms with Crippen molar-refractivity contribution in [2.75, 3.05) is 13.7 Å². The number of nitrogens with one attached hydrogen (secondary N) is 1. The zero-order chi connectivity index (χ0) is 12.1. The standard InChI is InChI=1S/C13H21NO2/c1-9-7-12(5-6-13(9)16-4)11(3)14-10(2)8-15/h5-7,10-11,14-15H,8H2,1-4H3/t10-,11?/m0/s1. The van der Waals surface area contributed by atoms with Gasteiger partial charge in [0.1, 0.15) is 5.75 Å². The van der Waals surface area contributed by atoms with Gasteiger partial charge in [-0.2, -0.15) is 0 Å². The van der Waals surface area contributed by atoms with Crippen molar-refractivity contribution in [1.82, 2.24) is 5.32 Å². The summed E-state index contributed by atoms with van der Waals surface area (Å²) in [7, 11) is 1.68. The molecule has 0 aliphatic carbocycles. The van der Waals surface area contributed by atoms with Crippen molar-refractivity contribution >= 4 is 0 Å². The third-order valence-corrected chi connectivity index (χ3v) is 2.73. The minimum atomic E-state index is 0.109. The third-order valence-electron chi connectivity index (χ3n) is 2.73. The van der Waals surface area contributed by atoms with Crippen LogP contribution in [0, 0.1) is 6.92 Å². The highest BCUT2D eigenvalue weighted by molar-refractivity contribution is 5.37. The Balaban J connectivity index is 2.76. The first kappa shape index (κ1) is 13.0. The highest BCUT2D eigenvalue weighted by Crippen LogP contribution is 2.22. The Hall–Kier alpha value is -1.06. The number of aliphatic hydroxyl groups is 1. The van der Waals surface area contributed by atoms with Crippen LogP contribution in [0.1, 0.15) is 31.0 Å². The molecule has 1 aromatic rings. The Kier molecular flexibility index (Phi) is 4.77. The van der Waals surface area contributed by atoms with E-state index in [0.717, 1.165) is 11.3 Å². The minimum absolute atomic E-state index is 0.109. The number of aryl methyl sites for hydroxylation is 1. The summed E-state index contributed by atoms with van der Waals surface area (Å²) in [4.78, 5) is 0. The van der Waals surface area contributed by atoms with Gasteiger partial charge in [0.15, 0.2) is 0 Å². The average Bonchev–Trinajstić information content (AvgIpc) is 2.28. The van der Waals surface area contributed by atoms with Crippen molar-refractivity contribution < 1.29 is 9.84 Å². The summed E-state index contributed by atoms with van der Waals surface area (Å²) in [6.07, 6.45) is 0. The van der Waals surface area contributed by atoms with Crippen LogP contribution in [0.2, 0.25) is 0 Å². The Labute approximate surface area is 97.4 Å². The summed E-state index contributed by atoms with van der Waals surface area (Å²) >= 11 is 0. The highest BCUT2D eigenvalue weighted by atomic mass is 16.5. The van der Waals surface area contributed by atoms with Crippen molar-refractivity contribution in [3.8, 4) is 5.75 Å².